The van der Waals surface area contributed by atoms with Gasteiger partial charge < -0.3 is 21.1 Å². The number of urea groups is 1. The van der Waals surface area contributed by atoms with E-state index in [4.69, 9.17) is 0 Å². The molecular formula is C29H36FN3O4. The standard InChI is InChI=1S/C29H36FN3O4/c1-5-6-10-20-15-18(2)25(19(3)16-20)32-28(37)31-24-17-22(30)13-14-23(24)26(34)33-29(4,27(35)36)21-11-8-7-9-12-21/h6,10,13-17,21H,5,7-9,11-12H2,1-4H3,(H,33,34)(H,35,36)(H2,31,32,37)/t29-/m0/s1. The van der Waals surface area contributed by atoms with E-state index < -0.39 is 29.3 Å². The van der Waals surface area contributed by atoms with Crippen LogP contribution in [-0.4, -0.2) is 28.6 Å². The zero-order valence-corrected chi connectivity index (χ0v) is 21.9. The second-order valence-electron chi connectivity index (χ2n) is 9.91. The van der Waals surface area contributed by atoms with Gasteiger partial charge in [0.1, 0.15) is 11.4 Å². The first kappa shape index (κ1) is 27.9. The molecule has 0 aliphatic heterocycles. The number of aliphatic carboxylic acids is 1. The third kappa shape index (κ3) is 6.76. The van der Waals surface area contributed by atoms with Crippen LogP contribution in [0.25, 0.3) is 6.08 Å². The minimum atomic E-state index is -1.48. The van der Waals surface area contributed by atoms with E-state index in [1.807, 2.05) is 38.1 Å². The number of halogens is 1. The third-order valence-electron chi connectivity index (χ3n) is 7.05. The molecule has 0 aromatic heterocycles. The van der Waals surface area contributed by atoms with E-state index in [0.717, 1.165) is 54.5 Å². The second-order valence-corrected chi connectivity index (χ2v) is 9.91. The largest absolute Gasteiger partial charge is 0.480 e. The number of anilines is 2. The fraction of sp³-hybridized carbons (Fsp3) is 0.414. The molecule has 8 heteroatoms. The highest BCUT2D eigenvalue weighted by Gasteiger charge is 2.43. The SMILES string of the molecule is CCC=Cc1cc(C)c(NC(=O)Nc2cc(F)ccc2C(=O)N[C@](C)(C(=O)O)C2CCCCC2)c(C)c1. The average molecular weight is 510 g/mol. The van der Waals surface area contributed by atoms with Crippen LogP contribution in [0.2, 0.25) is 0 Å². The molecule has 7 nitrogen and oxygen atoms in total. The van der Waals surface area contributed by atoms with Crippen LogP contribution in [-0.2, 0) is 4.79 Å². The van der Waals surface area contributed by atoms with Crippen LogP contribution in [0.3, 0.4) is 0 Å². The van der Waals surface area contributed by atoms with Crippen molar-refractivity contribution in [2.45, 2.75) is 71.8 Å². The van der Waals surface area contributed by atoms with Crippen LogP contribution in [0.5, 0.6) is 0 Å². The number of hydrogen-bond acceptors (Lipinski definition) is 3. The van der Waals surface area contributed by atoms with Gasteiger partial charge >= 0.3 is 12.0 Å². The maximum Gasteiger partial charge on any atom is 0.329 e. The van der Waals surface area contributed by atoms with E-state index in [0.29, 0.717) is 18.5 Å². The van der Waals surface area contributed by atoms with Gasteiger partial charge in [-0.1, -0.05) is 38.3 Å². The lowest BCUT2D eigenvalue weighted by Gasteiger charge is -2.37. The van der Waals surface area contributed by atoms with Crippen LogP contribution < -0.4 is 16.0 Å². The Morgan fingerprint density at radius 2 is 1.70 bits per heavy atom. The molecule has 3 amide bonds. The molecule has 1 aliphatic rings. The number of amides is 3. The molecule has 0 unspecified atom stereocenters. The number of benzene rings is 2. The lowest BCUT2D eigenvalue weighted by atomic mass is 9.75. The fourth-order valence-corrected chi connectivity index (χ4v) is 4.94. The molecule has 0 bridgehead atoms. The molecule has 1 saturated carbocycles. The summed E-state index contributed by atoms with van der Waals surface area (Å²) < 4.78 is 14.1. The van der Waals surface area contributed by atoms with Crippen molar-refractivity contribution in [2.24, 2.45) is 5.92 Å². The molecule has 198 valence electrons. The Morgan fingerprint density at radius 3 is 2.30 bits per heavy atom. The van der Waals surface area contributed by atoms with Crippen LogP contribution in [0, 0.1) is 25.6 Å². The van der Waals surface area contributed by atoms with Gasteiger partial charge in [0.25, 0.3) is 5.91 Å². The van der Waals surface area contributed by atoms with Crippen LogP contribution in [0.15, 0.2) is 36.4 Å². The van der Waals surface area contributed by atoms with Crippen molar-refractivity contribution >= 4 is 35.4 Å². The number of hydrogen-bond donors (Lipinski definition) is 4. The Morgan fingerprint density at radius 1 is 1.05 bits per heavy atom. The van der Waals surface area contributed by atoms with Gasteiger partial charge in [-0.15, -0.1) is 0 Å². The molecule has 1 atom stereocenters. The Labute approximate surface area is 217 Å². The zero-order valence-electron chi connectivity index (χ0n) is 21.9. The lowest BCUT2D eigenvalue weighted by Crippen LogP contribution is -2.57. The molecule has 2 aromatic rings. The molecule has 0 saturated heterocycles. The predicted molar refractivity (Wildman–Crippen MR) is 144 cm³/mol. The molecule has 37 heavy (non-hydrogen) atoms. The first-order chi connectivity index (χ1) is 17.5. The van der Waals surface area contributed by atoms with Gasteiger partial charge in [0.15, 0.2) is 0 Å². The second kappa shape index (κ2) is 12.0. The smallest absolute Gasteiger partial charge is 0.329 e. The van der Waals surface area contributed by atoms with E-state index >= 15 is 0 Å². The van der Waals surface area contributed by atoms with Gasteiger partial charge in [0.2, 0.25) is 0 Å². The van der Waals surface area contributed by atoms with Crippen molar-refractivity contribution in [1.82, 2.24) is 5.32 Å². The molecule has 1 aliphatic carbocycles. The van der Waals surface area contributed by atoms with Gasteiger partial charge in [0, 0.05) is 5.69 Å². The summed E-state index contributed by atoms with van der Waals surface area (Å²) in [6, 6.07) is 6.66. The minimum absolute atomic E-state index is 0.0201. The van der Waals surface area contributed by atoms with Crippen molar-refractivity contribution in [3.05, 3.63) is 64.5 Å². The van der Waals surface area contributed by atoms with E-state index in [2.05, 4.69) is 22.9 Å². The van der Waals surface area contributed by atoms with Crippen molar-refractivity contribution < 1.29 is 23.9 Å². The number of aryl methyl sites for hydroxylation is 2. The van der Waals surface area contributed by atoms with Gasteiger partial charge in [-0.2, -0.15) is 0 Å². The minimum Gasteiger partial charge on any atom is -0.480 e. The number of carbonyl (C=O) groups is 3. The van der Waals surface area contributed by atoms with E-state index in [1.54, 1.807) is 0 Å². The van der Waals surface area contributed by atoms with Gasteiger partial charge in [-0.3, -0.25) is 4.79 Å². The molecule has 0 heterocycles. The molecule has 2 aromatic carbocycles. The van der Waals surface area contributed by atoms with Crippen LogP contribution in [0.4, 0.5) is 20.6 Å². The topological polar surface area (TPSA) is 108 Å². The number of nitrogens with one attached hydrogen (secondary N) is 3. The van der Waals surface area contributed by atoms with Gasteiger partial charge in [-0.05, 0) is 93.0 Å². The Balaban J connectivity index is 1.81. The maximum atomic E-state index is 14.1. The molecule has 4 N–H and O–H groups in total. The summed E-state index contributed by atoms with van der Waals surface area (Å²) in [5.41, 5.74) is 1.79. The summed E-state index contributed by atoms with van der Waals surface area (Å²) in [5, 5.41) is 18.0. The van der Waals surface area contributed by atoms with Crippen molar-refractivity contribution in [1.29, 1.82) is 0 Å². The van der Waals surface area contributed by atoms with E-state index in [1.165, 1.54) is 13.0 Å². The maximum absolute atomic E-state index is 14.1. The lowest BCUT2D eigenvalue weighted by molar-refractivity contribution is -0.146. The highest BCUT2D eigenvalue weighted by atomic mass is 19.1. The highest BCUT2D eigenvalue weighted by molar-refractivity contribution is 6.08. The number of rotatable bonds is 8. The van der Waals surface area contributed by atoms with Gasteiger partial charge in [0.05, 0.1) is 11.3 Å². The highest BCUT2D eigenvalue weighted by Crippen LogP contribution is 2.33. The quantitative estimate of drug-likeness (QED) is 0.319. The van der Waals surface area contributed by atoms with Crippen molar-refractivity contribution in [3.63, 3.8) is 0 Å². The normalized spacial score (nSPS) is 15.7. The Kier molecular flexibility index (Phi) is 9.08. The summed E-state index contributed by atoms with van der Waals surface area (Å²) in [6.07, 6.45) is 9.23. The zero-order chi connectivity index (χ0) is 27.2. The predicted octanol–water partition coefficient (Wildman–Crippen LogP) is 6.66. The van der Waals surface area contributed by atoms with Gasteiger partial charge in [-0.25, -0.2) is 14.0 Å². The van der Waals surface area contributed by atoms with Crippen LogP contribution in [0.1, 0.15) is 79.4 Å². The Hall–Kier alpha value is -3.68. The number of carbonyl (C=O) groups excluding carboxylic acids is 2. The Bertz CT molecular complexity index is 1180. The summed E-state index contributed by atoms with van der Waals surface area (Å²) in [4.78, 5) is 38.3. The number of carboxylic acid groups (broad SMARTS) is 1. The molecule has 3 rings (SSSR count). The molecular weight excluding hydrogens is 473 g/mol. The van der Waals surface area contributed by atoms with Crippen LogP contribution >= 0.6 is 0 Å². The summed E-state index contributed by atoms with van der Waals surface area (Å²) >= 11 is 0. The van der Waals surface area contributed by atoms with E-state index in [-0.39, 0.29) is 17.2 Å². The molecule has 1 fully saturated rings. The number of allylic oxidation sites excluding steroid dienone is 1. The molecule has 0 spiro atoms. The number of carboxylic acids is 1. The van der Waals surface area contributed by atoms with Crippen molar-refractivity contribution in [3.8, 4) is 0 Å². The first-order valence-corrected chi connectivity index (χ1v) is 12.8. The first-order valence-electron chi connectivity index (χ1n) is 12.8. The monoisotopic (exact) mass is 509 g/mol. The summed E-state index contributed by atoms with van der Waals surface area (Å²) in [6.45, 7) is 7.32. The fourth-order valence-electron chi connectivity index (χ4n) is 4.94. The summed E-state index contributed by atoms with van der Waals surface area (Å²) in [5.74, 6) is -2.67. The van der Waals surface area contributed by atoms with E-state index in [9.17, 15) is 23.9 Å². The van der Waals surface area contributed by atoms with Crippen molar-refractivity contribution in [2.75, 3.05) is 10.6 Å². The summed E-state index contributed by atoms with van der Waals surface area (Å²) in [7, 11) is 0. The molecule has 0 radical (unpaired) electrons. The average Bonchev–Trinajstić information content (AvgIpc) is 2.85. The third-order valence-corrected chi connectivity index (χ3v) is 7.05.